The molecule has 0 aliphatic heterocycles. The number of rotatable bonds is 4. The molecule has 4 nitrogen and oxygen atoms in total. The van der Waals surface area contributed by atoms with E-state index in [2.05, 4.69) is 15.2 Å². The van der Waals surface area contributed by atoms with Crippen molar-refractivity contribution in [1.29, 1.82) is 0 Å². The number of aromatic nitrogens is 3. The fourth-order valence-corrected chi connectivity index (χ4v) is 2.25. The lowest BCUT2D eigenvalue weighted by Gasteiger charge is -2.03. The van der Waals surface area contributed by atoms with Gasteiger partial charge in [-0.3, -0.25) is 5.10 Å². The lowest BCUT2D eigenvalue weighted by atomic mass is 10.0. The molecule has 0 fully saturated rings. The molecule has 0 unspecified atom stereocenters. The molecule has 1 aromatic heterocycles. The van der Waals surface area contributed by atoms with Gasteiger partial charge < -0.3 is 5.73 Å². The van der Waals surface area contributed by atoms with Crippen LogP contribution in [0.1, 0.15) is 12.2 Å². The number of benzene rings is 2. The molecule has 20 heavy (non-hydrogen) atoms. The average Bonchev–Trinajstić information content (AvgIpc) is 2.94. The first-order chi connectivity index (χ1) is 9.79. The van der Waals surface area contributed by atoms with Crippen LogP contribution < -0.4 is 5.73 Å². The molecule has 0 atom stereocenters. The average molecular weight is 270 g/mol. The molecule has 3 aromatic rings. The molecule has 2 aromatic carbocycles. The summed E-state index contributed by atoms with van der Waals surface area (Å²) >= 11 is 0. The Balaban J connectivity index is 2.06. The van der Waals surface area contributed by atoms with E-state index in [0.29, 0.717) is 17.8 Å². The maximum absolute atomic E-state index is 13.8. The van der Waals surface area contributed by atoms with Crippen molar-refractivity contribution in [2.24, 2.45) is 5.73 Å². The van der Waals surface area contributed by atoms with E-state index in [1.54, 1.807) is 12.1 Å². The Morgan fingerprint density at radius 1 is 1.10 bits per heavy atom. The summed E-state index contributed by atoms with van der Waals surface area (Å²) in [4.78, 5) is 4.45. The van der Waals surface area contributed by atoms with Crippen LogP contribution in [0, 0.1) is 5.82 Å². The third kappa shape index (κ3) is 2.28. The standard InChI is InChI=1S/C15H15FN4/c16-13-8-7-12(10-4-1-2-5-11(10)13)15-18-14(19-20-15)6-3-9-17/h1-2,4-5,7-8H,3,6,9,17H2,(H,18,19,20). The Bertz CT molecular complexity index is 736. The first-order valence-corrected chi connectivity index (χ1v) is 6.58. The highest BCUT2D eigenvalue weighted by Crippen LogP contribution is 2.28. The summed E-state index contributed by atoms with van der Waals surface area (Å²) in [6, 6.07) is 10.5. The minimum Gasteiger partial charge on any atom is -0.330 e. The Morgan fingerprint density at radius 2 is 1.90 bits per heavy atom. The van der Waals surface area contributed by atoms with E-state index in [4.69, 9.17) is 5.73 Å². The maximum atomic E-state index is 13.8. The molecule has 0 radical (unpaired) electrons. The first kappa shape index (κ1) is 12.7. The number of hydrogen-bond acceptors (Lipinski definition) is 3. The number of fused-ring (bicyclic) bond motifs is 1. The number of nitrogens with two attached hydrogens (primary N) is 1. The summed E-state index contributed by atoms with van der Waals surface area (Å²) in [7, 11) is 0. The predicted octanol–water partition coefficient (Wildman–Crippen LogP) is 2.66. The van der Waals surface area contributed by atoms with Gasteiger partial charge in [-0.1, -0.05) is 24.3 Å². The van der Waals surface area contributed by atoms with E-state index < -0.39 is 0 Å². The van der Waals surface area contributed by atoms with Gasteiger partial charge in [0.15, 0.2) is 5.82 Å². The normalized spacial score (nSPS) is 11.1. The molecule has 3 rings (SSSR count). The Hall–Kier alpha value is -2.27. The molecular formula is C15H15FN4. The van der Waals surface area contributed by atoms with E-state index in [1.165, 1.54) is 6.07 Å². The van der Waals surface area contributed by atoms with Gasteiger partial charge in [0.05, 0.1) is 0 Å². The van der Waals surface area contributed by atoms with Crippen molar-refractivity contribution in [3.05, 3.63) is 48.0 Å². The predicted molar refractivity (Wildman–Crippen MR) is 76.7 cm³/mol. The second-order valence-corrected chi connectivity index (χ2v) is 4.64. The smallest absolute Gasteiger partial charge is 0.181 e. The topological polar surface area (TPSA) is 67.6 Å². The van der Waals surface area contributed by atoms with Crippen LogP contribution in [0.2, 0.25) is 0 Å². The van der Waals surface area contributed by atoms with Crippen molar-refractivity contribution in [3.63, 3.8) is 0 Å². The number of nitrogens with zero attached hydrogens (tertiary/aromatic N) is 2. The maximum Gasteiger partial charge on any atom is 0.181 e. The summed E-state index contributed by atoms with van der Waals surface area (Å²) in [6.45, 7) is 0.621. The Labute approximate surface area is 115 Å². The fourth-order valence-electron chi connectivity index (χ4n) is 2.25. The number of hydrogen-bond donors (Lipinski definition) is 2. The van der Waals surface area contributed by atoms with Gasteiger partial charge in [0.25, 0.3) is 0 Å². The summed E-state index contributed by atoms with van der Waals surface area (Å²) in [5.41, 5.74) is 6.31. The van der Waals surface area contributed by atoms with Crippen LogP contribution in [0.3, 0.4) is 0 Å². The largest absolute Gasteiger partial charge is 0.330 e. The molecule has 0 spiro atoms. The van der Waals surface area contributed by atoms with E-state index in [0.717, 1.165) is 29.6 Å². The summed E-state index contributed by atoms with van der Waals surface area (Å²) in [6.07, 6.45) is 1.63. The Morgan fingerprint density at radius 3 is 2.70 bits per heavy atom. The third-order valence-corrected chi connectivity index (χ3v) is 3.26. The third-order valence-electron chi connectivity index (χ3n) is 3.26. The summed E-state index contributed by atoms with van der Waals surface area (Å²) in [5, 5.41) is 8.53. The van der Waals surface area contributed by atoms with Gasteiger partial charge in [-0.05, 0) is 30.5 Å². The lowest BCUT2D eigenvalue weighted by Crippen LogP contribution is -2.01. The monoisotopic (exact) mass is 270 g/mol. The highest BCUT2D eigenvalue weighted by atomic mass is 19.1. The minimum absolute atomic E-state index is 0.233. The summed E-state index contributed by atoms with van der Waals surface area (Å²) < 4.78 is 13.8. The molecule has 0 bridgehead atoms. The van der Waals surface area contributed by atoms with Gasteiger partial charge >= 0.3 is 0 Å². The van der Waals surface area contributed by atoms with Gasteiger partial charge in [-0.25, -0.2) is 9.37 Å². The zero-order valence-corrected chi connectivity index (χ0v) is 10.9. The fraction of sp³-hybridized carbons (Fsp3) is 0.200. The SMILES string of the molecule is NCCCc1nc(-c2ccc(F)c3ccccc23)n[nH]1. The molecule has 1 heterocycles. The quantitative estimate of drug-likeness (QED) is 0.766. The second kappa shape index (κ2) is 5.38. The van der Waals surface area contributed by atoms with Crippen molar-refractivity contribution in [3.8, 4) is 11.4 Å². The van der Waals surface area contributed by atoms with Crippen molar-refractivity contribution in [2.45, 2.75) is 12.8 Å². The molecule has 0 aliphatic rings. The molecule has 5 heteroatoms. The molecule has 102 valence electrons. The molecule has 3 N–H and O–H groups in total. The molecule has 0 aliphatic carbocycles. The van der Waals surface area contributed by atoms with Crippen LogP contribution in [-0.2, 0) is 6.42 Å². The summed E-state index contributed by atoms with van der Waals surface area (Å²) in [5.74, 6) is 1.16. The number of H-pyrrole nitrogens is 1. The van der Waals surface area contributed by atoms with Gasteiger partial charge in [-0.2, -0.15) is 5.10 Å². The van der Waals surface area contributed by atoms with Crippen LogP contribution in [0.25, 0.3) is 22.2 Å². The number of halogens is 1. The van der Waals surface area contributed by atoms with Crippen LogP contribution >= 0.6 is 0 Å². The van der Waals surface area contributed by atoms with Gasteiger partial charge in [0.1, 0.15) is 11.6 Å². The van der Waals surface area contributed by atoms with Gasteiger partial charge in [0.2, 0.25) is 0 Å². The minimum atomic E-state index is -0.233. The van der Waals surface area contributed by atoms with Crippen molar-refractivity contribution < 1.29 is 4.39 Å². The van der Waals surface area contributed by atoms with Crippen molar-refractivity contribution in [2.75, 3.05) is 6.54 Å². The molecule has 0 saturated carbocycles. The number of nitrogens with one attached hydrogen (secondary N) is 1. The Kier molecular flexibility index (Phi) is 3.43. The number of aryl methyl sites for hydroxylation is 1. The zero-order valence-electron chi connectivity index (χ0n) is 10.9. The van der Waals surface area contributed by atoms with Gasteiger partial charge in [0, 0.05) is 17.4 Å². The van der Waals surface area contributed by atoms with Crippen molar-refractivity contribution >= 4 is 10.8 Å². The van der Waals surface area contributed by atoms with Crippen LogP contribution in [0.15, 0.2) is 36.4 Å². The molecular weight excluding hydrogens is 255 g/mol. The number of aromatic amines is 1. The van der Waals surface area contributed by atoms with Crippen molar-refractivity contribution in [1.82, 2.24) is 15.2 Å². The van der Waals surface area contributed by atoms with Crippen LogP contribution in [0.4, 0.5) is 4.39 Å². The van der Waals surface area contributed by atoms with Gasteiger partial charge in [-0.15, -0.1) is 0 Å². The highest BCUT2D eigenvalue weighted by molar-refractivity contribution is 5.95. The molecule has 0 saturated heterocycles. The highest BCUT2D eigenvalue weighted by Gasteiger charge is 2.11. The van der Waals surface area contributed by atoms with E-state index in [9.17, 15) is 4.39 Å². The van der Waals surface area contributed by atoms with Crippen LogP contribution in [0.5, 0.6) is 0 Å². The van der Waals surface area contributed by atoms with E-state index in [-0.39, 0.29) is 5.82 Å². The van der Waals surface area contributed by atoms with E-state index >= 15 is 0 Å². The molecule has 0 amide bonds. The lowest BCUT2D eigenvalue weighted by molar-refractivity contribution is 0.640. The van der Waals surface area contributed by atoms with Crippen LogP contribution in [-0.4, -0.2) is 21.7 Å². The van der Waals surface area contributed by atoms with E-state index in [1.807, 2.05) is 18.2 Å². The second-order valence-electron chi connectivity index (χ2n) is 4.64. The first-order valence-electron chi connectivity index (χ1n) is 6.58. The zero-order chi connectivity index (χ0) is 13.9.